The zero-order valence-electron chi connectivity index (χ0n) is 12.5. The molecule has 0 atom stereocenters. The number of carbonyl (C=O) groups excluding carboxylic acids is 1. The fourth-order valence-corrected chi connectivity index (χ4v) is 2.42. The summed E-state index contributed by atoms with van der Waals surface area (Å²) < 4.78 is 0. The summed E-state index contributed by atoms with van der Waals surface area (Å²) >= 11 is 0. The summed E-state index contributed by atoms with van der Waals surface area (Å²) in [5.74, 6) is 0.0549. The Labute approximate surface area is 125 Å². The van der Waals surface area contributed by atoms with Crippen molar-refractivity contribution in [2.75, 3.05) is 5.32 Å². The van der Waals surface area contributed by atoms with Gasteiger partial charge in [-0.3, -0.25) is 4.79 Å². The minimum atomic E-state index is -0.105. The number of amides is 1. The van der Waals surface area contributed by atoms with E-state index in [1.807, 2.05) is 24.3 Å². The molecule has 2 aromatic rings. The van der Waals surface area contributed by atoms with Gasteiger partial charge in [-0.05, 0) is 30.0 Å². The van der Waals surface area contributed by atoms with Crippen LogP contribution in [0.3, 0.4) is 0 Å². The number of aryl methyl sites for hydroxylation is 2. The second kappa shape index (κ2) is 6.93. The van der Waals surface area contributed by atoms with Crippen LogP contribution < -0.4 is 5.32 Å². The van der Waals surface area contributed by atoms with E-state index in [9.17, 15) is 9.90 Å². The molecule has 0 bridgehead atoms. The van der Waals surface area contributed by atoms with E-state index in [1.165, 1.54) is 0 Å². The maximum atomic E-state index is 12.2. The first-order valence-electron chi connectivity index (χ1n) is 7.33. The number of hydrogen-bond donors (Lipinski definition) is 2. The summed E-state index contributed by atoms with van der Waals surface area (Å²) in [5.41, 5.74) is 3.84. The van der Waals surface area contributed by atoms with Crippen molar-refractivity contribution in [1.29, 1.82) is 0 Å². The van der Waals surface area contributed by atoms with Crippen molar-refractivity contribution in [2.24, 2.45) is 0 Å². The van der Waals surface area contributed by atoms with Gasteiger partial charge in [0.05, 0.1) is 6.42 Å². The number of phenols is 1. The molecule has 2 aromatic carbocycles. The first-order chi connectivity index (χ1) is 10.2. The van der Waals surface area contributed by atoms with E-state index in [0.29, 0.717) is 5.56 Å². The molecule has 21 heavy (non-hydrogen) atoms. The van der Waals surface area contributed by atoms with Crippen LogP contribution in [-0.4, -0.2) is 11.0 Å². The van der Waals surface area contributed by atoms with Gasteiger partial charge in [-0.15, -0.1) is 0 Å². The summed E-state index contributed by atoms with van der Waals surface area (Å²) in [6.07, 6.45) is 1.92. The second-order valence-electron chi connectivity index (χ2n) is 5.01. The van der Waals surface area contributed by atoms with E-state index in [1.54, 1.807) is 18.2 Å². The van der Waals surface area contributed by atoms with Gasteiger partial charge in [0.1, 0.15) is 5.75 Å². The lowest BCUT2D eigenvalue weighted by Crippen LogP contribution is -2.17. The minimum Gasteiger partial charge on any atom is -0.508 e. The monoisotopic (exact) mass is 283 g/mol. The highest BCUT2D eigenvalue weighted by Gasteiger charge is 2.12. The summed E-state index contributed by atoms with van der Waals surface area (Å²) in [6, 6.07) is 13.0. The number of rotatable bonds is 5. The number of aromatic hydroxyl groups is 1. The van der Waals surface area contributed by atoms with Crippen molar-refractivity contribution in [3.05, 3.63) is 59.2 Å². The Morgan fingerprint density at radius 3 is 2.10 bits per heavy atom. The number of phenolic OH excluding ortho intramolecular Hbond substituents is 1. The third-order valence-corrected chi connectivity index (χ3v) is 3.61. The van der Waals surface area contributed by atoms with Crippen LogP contribution in [-0.2, 0) is 24.1 Å². The van der Waals surface area contributed by atoms with Gasteiger partial charge in [0, 0.05) is 11.3 Å². The lowest BCUT2D eigenvalue weighted by atomic mass is 10.0. The molecule has 3 nitrogen and oxygen atoms in total. The normalized spacial score (nSPS) is 10.4. The van der Waals surface area contributed by atoms with E-state index in [4.69, 9.17) is 0 Å². The van der Waals surface area contributed by atoms with Crippen molar-refractivity contribution in [2.45, 2.75) is 33.1 Å². The Morgan fingerprint density at radius 1 is 0.952 bits per heavy atom. The van der Waals surface area contributed by atoms with Crippen molar-refractivity contribution in [3.63, 3.8) is 0 Å². The maximum Gasteiger partial charge on any atom is 0.228 e. The van der Waals surface area contributed by atoms with E-state index in [0.717, 1.165) is 29.7 Å². The zero-order chi connectivity index (χ0) is 15.2. The highest BCUT2D eigenvalue weighted by molar-refractivity contribution is 5.94. The molecule has 0 aliphatic heterocycles. The average molecular weight is 283 g/mol. The molecular weight excluding hydrogens is 262 g/mol. The van der Waals surface area contributed by atoms with E-state index >= 15 is 0 Å². The second-order valence-corrected chi connectivity index (χ2v) is 5.01. The van der Waals surface area contributed by atoms with Crippen LogP contribution >= 0.6 is 0 Å². The molecule has 0 saturated carbocycles. The first-order valence-corrected chi connectivity index (χ1v) is 7.33. The van der Waals surface area contributed by atoms with Crippen molar-refractivity contribution < 1.29 is 9.90 Å². The number of benzene rings is 2. The molecule has 2 N–H and O–H groups in total. The van der Waals surface area contributed by atoms with Crippen molar-refractivity contribution >= 4 is 11.6 Å². The molecule has 0 unspecified atom stereocenters. The number of carbonyl (C=O) groups is 1. The Kier molecular flexibility index (Phi) is 4.99. The van der Waals surface area contributed by atoms with Gasteiger partial charge in [-0.1, -0.05) is 50.2 Å². The number of hydrogen-bond acceptors (Lipinski definition) is 2. The smallest absolute Gasteiger partial charge is 0.228 e. The Bertz CT molecular complexity index is 613. The van der Waals surface area contributed by atoms with Crippen LogP contribution in [0.2, 0.25) is 0 Å². The molecular formula is C18H21NO2. The lowest BCUT2D eigenvalue weighted by molar-refractivity contribution is -0.115. The fourth-order valence-electron chi connectivity index (χ4n) is 2.42. The molecule has 3 heteroatoms. The highest BCUT2D eigenvalue weighted by atomic mass is 16.3. The fraction of sp³-hybridized carbons (Fsp3) is 0.278. The average Bonchev–Trinajstić information content (AvgIpc) is 2.49. The number of anilines is 1. The third kappa shape index (κ3) is 3.63. The minimum absolute atomic E-state index is 0.105. The molecule has 0 spiro atoms. The molecule has 0 fully saturated rings. The molecule has 0 heterocycles. The summed E-state index contributed by atoms with van der Waals surface area (Å²) in [5, 5.41) is 12.8. The topological polar surface area (TPSA) is 49.3 Å². The number of para-hydroxylation sites is 2. The SMILES string of the molecule is CCc1cccc(CC)c1NC(=O)Cc1ccccc1O. The van der Waals surface area contributed by atoms with Crippen LogP contribution in [0.15, 0.2) is 42.5 Å². The van der Waals surface area contributed by atoms with E-state index < -0.39 is 0 Å². The molecule has 0 aliphatic rings. The predicted octanol–water partition coefficient (Wildman–Crippen LogP) is 3.70. The highest BCUT2D eigenvalue weighted by Crippen LogP contribution is 2.23. The van der Waals surface area contributed by atoms with E-state index in [2.05, 4.69) is 19.2 Å². The van der Waals surface area contributed by atoms with Gasteiger partial charge < -0.3 is 10.4 Å². The van der Waals surface area contributed by atoms with E-state index in [-0.39, 0.29) is 18.1 Å². The van der Waals surface area contributed by atoms with Crippen LogP contribution in [0.25, 0.3) is 0 Å². The molecule has 0 saturated heterocycles. The standard InChI is InChI=1S/C18H21NO2/c1-3-13-9-7-10-14(4-2)18(13)19-17(21)12-15-8-5-6-11-16(15)20/h5-11,20H,3-4,12H2,1-2H3,(H,19,21). The Hall–Kier alpha value is -2.29. The predicted molar refractivity (Wildman–Crippen MR) is 85.6 cm³/mol. The third-order valence-electron chi connectivity index (χ3n) is 3.61. The largest absolute Gasteiger partial charge is 0.508 e. The number of nitrogens with one attached hydrogen (secondary N) is 1. The molecule has 2 rings (SSSR count). The van der Waals surface area contributed by atoms with Crippen LogP contribution in [0.1, 0.15) is 30.5 Å². The molecule has 0 radical (unpaired) electrons. The van der Waals surface area contributed by atoms with Crippen molar-refractivity contribution in [3.8, 4) is 5.75 Å². The van der Waals surface area contributed by atoms with Gasteiger partial charge in [0.15, 0.2) is 0 Å². The summed E-state index contributed by atoms with van der Waals surface area (Å²) in [7, 11) is 0. The van der Waals surface area contributed by atoms with Crippen LogP contribution in [0, 0.1) is 0 Å². The summed E-state index contributed by atoms with van der Waals surface area (Å²) in [6.45, 7) is 4.15. The molecule has 1 amide bonds. The lowest BCUT2D eigenvalue weighted by Gasteiger charge is -2.14. The van der Waals surface area contributed by atoms with Gasteiger partial charge in [-0.2, -0.15) is 0 Å². The van der Waals surface area contributed by atoms with Gasteiger partial charge in [0.2, 0.25) is 5.91 Å². The van der Waals surface area contributed by atoms with Crippen LogP contribution in [0.4, 0.5) is 5.69 Å². The first kappa shape index (κ1) is 15.1. The van der Waals surface area contributed by atoms with Crippen molar-refractivity contribution in [1.82, 2.24) is 0 Å². The molecule has 0 aromatic heterocycles. The van der Waals surface area contributed by atoms with Gasteiger partial charge >= 0.3 is 0 Å². The Morgan fingerprint density at radius 2 is 1.52 bits per heavy atom. The maximum absolute atomic E-state index is 12.2. The molecule has 110 valence electrons. The quantitative estimate of drug-likeness (QED) is 0.879. The summed E-state index contributed by atoms with van der Waals surface area (Å²) in [4.78, 5) is 12.2. The van der Waals surface area contributed by atoms with Gasteiger partial charge in [-0.25, -0.2) is 0 Å². The van der Waals surface area contributed by atoms with Gasteiger partial charge in [0.25, 0.3) is 0 Å². The zero-order valence-corrected chi connectivity index (χ0v) is 12.5. The molecule has 0 aliphatic carbocycles. The Balaban J connectivity index is 2.18. The van der Waals surface area contributed by atoms with Crippen LogP contribution in [0.5, 0.6) is 5.75 Å².